The number of carbonyl (C=O) groups excluding carboxylic acids is 2. The summed E-state index contributed by atoms with van der Waals surface area (Å²) < 4.78 is 25.6. The normalized spacial score (nSPS) is 15.2. The van der Waals surface area contributed by atoms with Crippen LogP contribution >= 0.6 is 27.7 Å². The van der Waals surface area contributed by atoms with Crippen molar-refractivity contribution in [3.05, 3.63) is 62.7 Å². The van der Waals surface area contributed by atoms with Crippen LogP contribution < -0.4 is 9.47 Å². The molecule has 3 rings (SSSR count). The van der Waals surface area contributed by atoms with Gasteiger partial charge in [0.1, 0.15) is 12.4 Å². The number of imide groups is 1. The standard InChI is InChI=1S/C22H21BrFNO4S/c1-3-4-9-25-21(26)19(30-22(25)27)12-14-10-16(23)20(18(11-14)28-2)29-13-15-7-5-6-8-17(15)24/h5-8,10-12H,3-4,9,13H2,1-2H3/b19-12-. The minimum absolute atomic E-state index is 0.0390. The van der Waals surface area contributed by atoms with Gasteiger partial charge in [-0.3, -0.25) is 14.5 Å². The average Bonchev–Trinajstić information content (AvgIpc) is 2.99. The number of nitrogens with zero attached hydrogens (tertiary/aromatic N) is 1. The number of hydrogen-bond acceptors (Lipinski definition) is 5. The van der Waals surface area contributed by atoms with E-state index < -0.39 is 0 Å². The van der Waals surface area contributed by atoms with Gasteiger partial charge in [-0.25, -0.2) is 4.39 Å². The number of hydrogen-bond donors (Lipinski definition) is 0. The summed E-state index contributed by atoms with van der Waals surface area (Å²) in [6.45, 7) is 2.47. The number of unbranched alkanes of at least 4 members (excludes halogenated alkanes) is 1. The van der Waals surface area contributed by atoms with E-state index in [9.17, 15) is 14.0 Å². The maximum atomic E-state index is 13.8. The number of ether oxygens (including phenoxy) is 2. The highest BCUT2D eigenvalue weighted by Gasteiger charge is 2.34. The van der Waals surface area contributed by atoms with Gasteiger partial charge in [0.2, 0.25) is 0 Å². The van der Waals surface area contributed by atoms with Gasteiger partial charge in [0.25, 0.3) is 11.1 Å². The number of carbonyl (C=O) groups is 2. The third-order valence-electron chi connectivity index (χ3n) is 4.49. The zero-order chi connectivity index (χ0) is 21.7. The Bertz CT molecular complexity index is 995. The smallest absolute Gasteiger partial charge is 0.293 e. The molecule has 0 spiro atoms. The molecule has 0 aliphatic carbocycles. The molecule has 1 saturated heterocycles. The Hall–Kier alpha value is -2.32. The van der Waals surface area contributed by atoms with Crippen LogP contribution in [-0.4, -0.2) is 29.7 Å². The van der Waals surface area contributed by atoms with Crippen molar-refractivity contribution in [1.29, 1.82) is 0 Å². The van der Waals surface area contributed by atoms with Crippen molar-refractivity contribution in [1.82, 2.24) is 4.90 Å². The Morgan fingerprint density at radius 3 is 2.70 bits per heavy atom. The van der Waals surface area contributed by atoms with Crippen molar-refractivity contribution >= 4 is 44.9 Å². The molecule has 1 fully saturated rings. The maximum Gasteiger partial charge on any atom is 0.293 e. The quantitative estimate of drug-likeness (QED) is 0.421. The Morgan fingerprint density at radius 2 is 2.00 bits per heavy atom. The van der Waals surface area contributed by atoms with Crippen molar-refractivity contribution < 1.29 is 23.5 Å². The number of methoxy groups -OCH3 is 1. The first-order chi connectivity index (χ1) is 14.4. The third kappa shape index (κ3) is 5.05. The van der Waals surface area contributed by atoms with Gasteiger partial charge in [-0.05, 0) is 64.0 Å². The Morgan fingerprint density at radius 1 is 1.23 bits per heavy atom. The van der Waals surface area contributed by atoms with Crippen LogP contribution in [0.4, 0.5) is 9.18 Å². The SMILES string of the molecule is CCCCN1C(=O)S/C(=C\c2cc(Br)c(OCc3ccccc3F)c(OC)c2)C1=O. The van der Waals surface area contributed by atoms with Crippen LogP contribution in [0.3, 0.4) is 0 Å². The predicted octanol–water partition coefficient (Wildman–Crippen LogP) is 6.01. The first-order valence-electron chi connectivity index (χ1n) is 9.43. The molecule has 0 N–H and O–H groups in total. The second-order valence-corrected chi connectivity index (χ2v) is 8.45. The largest absolute Gasteiger partial charge is 0.493 e. The van der Waals surface area contributed by atoms with E-state index in [1.165, 1.54) is 18.1 Å². The Balaban J connectivity index is 1.82. The highest BCUT2D eigenvalue weighted by atomic mass is 79.9. The van der Waals surface area contributed by atoms with E-state index in [-0.39, 0.29) is 23.6 Å². The maximum absolute atomic E-state index is 13.8. The van der Waals surface area contributed by atoms with Crippen LogP contribution in [-0.2, 0) is 11.4 Å². The molecule has 0 unspecified atom stereocenters. The van der Waals surface area contributed by atoms with Gasteiger partial charge in [-0.15, -0.1) is 0 Å². The molecule has 0 aromatic heterocycles. The number of amides is 2. The van der Waals surface area contributed by atoms with Crippen molar-refractivity contribution in [2.24, 2.45) is 0 Å². The highest BCUT2D eigenvalue weighted by molar-refractivity contribution is 9.10. The Kier molecular flexibility index (Phi) is 7.55. The lowest BCUT2D eigenvalue weighted by molar-refractivity contribution is -0.122. The summed E-state index contributed by atoms with van der Waals surface area (Å²) >= 11 is 4.39. The van der Waals surface area contributed by atoms with Crippen molar-refractivity contribution in [3.63, 3.8) is 0 Å². The lowest BCUT2D eigenvalue weighted by atomic mass is 10.1. The van der Waals surface area contributed by atoms with Gasteiger partial charge in [0.05, 0.1) is 16.5 Å². The minimum Gasteiger partial charge on any atom is -0.493 e. The van der Waals surface area contributed by atoms with E-state index in [1.807, 2.05) is 6.92 Å². The molecule has 8 heteroatoms. The summed E-state index contributed by atoms with van der Waals surface area (Å²) in [5.74, 6) is 0.225. The van der Waals surface area contributed by atoms with E-state index >= 15 is 0 Å². The first kappa shape index (κ1) is 22.4. The number of rotatable bonds is 8. The summed E-state index contributed by atoms with van der Waals surface area (Å²) in [5, 5.41) is -0.254. The van der Waals surface area contributed by atoms with Gasteiger partial charge in [-0.1, -0.05) is 31.5 Å². The lowest BCUT2D eigenvalue weighted by Crippen LogP contribution is -2.29. The molecule has 30 heavy (non-hydrogen) atoms. The molecule has 158 valence electrons. The monoisotopic (exact) mass is 493 g/mol. The molecule has 0 saturated carbocycles. The minimum atomic E-state index is -0.344. The molecule has 0 bridgehead atoms. The first-order valence-corrected chi connectivity index (χ1v) is 11.0. The van der Waals surface area contributed by atoms with Crippen LogP contribution in [0.5, 0.6) is 11.5 Å². The molecule has 0 radical (unpaired) electrons. The van der Waals surface area contributed by atoms with Crippen LogP contribution in [0.15, 0.2) is 45.8 Å². The van der Waals surface area contributed by atoms with E-state index in [1.54, 1.807) is 36.4 Å². The summed E-state index contributed by atoms with van der Waals surface area (Å²) in [4.78, 5) is 26.3. The van der Waals surface area contributed by atoms with Crippen molar-refractivity contribution in [2.75, 3.05) is 13.7 Å². The number of halogens is 2. The molecule has 1 aliphatic rings. The summed E-state index contributed by atoms with van der Waals surface area (Å²) in [6, 6.07) is 9.86. The lowest BCUT2D eigenvalue weighted by Gasteiger charge is -2.14. The third-order valence-corrected chi connectivity index (χ3v) is 5.98. The molecular weight excluding hydrogens is 473 g/mol. The summed E-state index contributed by atoms with van der Waals surface area (Å²) in [5.41, 5.74) is 1.11. The molecule has 1 aliphatic heterocycles. The predicted molar refractivity (Wildman–Crippen MR) is 119 cm³/mol. The van der Waals surface area contributed by atoms with Crippen LogP contribution in [0.2, 0.25) is 0 Å². The van der Waals surface area contributed by atoms with Crippen molar-refractivity contribution in [2.45, 2.75) is 26.4 Å². The molecule has 1 heterocycles. The van der Waals surface area contributed by atoms with Crippen molar-refractivity contribution in [3.8, 4) is 11.5 Å². The summed E-state index contributed by atoms with van der Waals surface area (Å²) in [7, 11) is 1.50. The molecular formula is C22H21BrFNO4S. The zero-order valence-corrected chi connectivity index (χ0v) is 19.0. The average molecular weight is 494 g/mol. The molecule has 5 nitrogen and oxygen atoms in total. The van der Waals surface area contributed by atoms with Gasteiger partial charge in [0.15, 0.2) is 11.5 Å². The molecule has 0 atom stereocenters. The van der Waals surface area contributed by atoms with E-state index in [4.69, 9.17) is 9.47 Å². The topological polar surface area (TPSA) is 55.8 Å². The van der Waals surface area contributed by atoms with Gasteiger partial charge in [0, 0.05) is 12.1 Å². The van der Waals surface area contributed by atoms with E-state index in [0.29, 0.717) is 38.5 Å². The zero-order valence-electron chi connectivity index (χ0n) is 16.6. The second kappa shape index (κ2) is 10.1. The van der Waals surface area contributed by atoms with Gasteiger partial charge in [-0.2, -0.15) is 0 Å². The van der Waals surface area contributed by atoms with E-state index in [0.717, 1.165) is 24.6 Å². The van der Waals surface area contributed by atoms with Gasteiger partial charge >= 0.3 is 0 Å². The summed E-state index contributed by atoms with van der Waals surface area (Å²) in [6.07, 6.45) is 3.34. The highest BCUT2D eigenvalue weighted by Crippen LogP contribution is 2.39. The fourth-order valence-electron chi connectivity index (χ4n) is 2.89. The molecule has 2 amide bonds. The van der Waals surface area contributed by atoms with E-state index in [2.05, 4.69) is 15.9 Å². The number of benzene rings is 2. The van der Waals surface area contributed by atoms with Crippen LogP contribution in [0, 0.1) is 5.82 Å². The fourth-order valence-corrected chi connectivity index (χ4v) is 4.33. The fraction of sp³-hybridized carbons (Fsp3) is 0.273. The van der Waals surface area contributed by atoms with Crippen LogP contribution in [0.25, 0.3) is 6.08 Å². The molecule has 2 aromatic carbocycles. The number of thioether (sulfide) groups is 1. The van der Waals surface area contributed by atoms with Crippen LogP contribution in [0.1, 0.15) is 30.9 Å². The Labute approximate surface area is 187 Å². The van der Waals surface area contributed by atoms with Gasteiger partial charge < -0.3 is 9.47 Å². The molecule has 2 aromatic rings. The second-order valence-electron chi connectivity index (χ2n) is 6.60.